The highest BCUT2D eigenvalue weighted by Crippen LogP contribution is 2.30. The molecule has 1 heterocycles. The van der Waals surface area contributed by atoms with E-state index < -0.39 is 6.03 Å². The molecule has 1 aromatic heterocycles. The van der Waals surface area contributed by atoms with E-state index in [4.69, 9.17) is 14.2 Å². The second-order valence-corrected chi connectivity index (χ2v) is 8.29. The number of thioether (sulfide) groups is 1. The van der Waals surface area contributed by atoms with Crippen LogP contribution in [0.25, 0.3) is 0 Å². The van der Waals surface area contributed by atoms with Gasteiger partial charge >= 0.3 is 6.03 Å². The van der Waals surface area contributed by atoms with E-state index in [-0.39, 0.29) is 11.7 Å². The number of urea groups is 1. The lowest BCUT2D eigenvalue weighted by atomic mass is 10.2. The Labute approximate surface area is 192 Å². The van der Waals surface area contributed by atoms with Crippen LogP contribution in [0.5, 0.6) is 17.2 Å². The van der Waals surface area contributed by atoms with E-state index in [1.807, 2.05) is 0 Å². The van der Waals surface area contributed by atoms with Gasteiger partial charge in [-0.2, -0.15) is 0 Å². The molecule has 12 heteroatoms. The van der Waals surface area contributed by atoms with Crippen molar-refractivity contribution in [3.05, 3.63) is 42.5 Å². The summed E-state index contributed by atoms with van der Waals surface area (Å²) >= 11 is 2.38. The van der Waals surface area contributed by atoms with Crippen LogP contribution in [0.15, 0.2) is 46.8 Å². The van der Waals surface area contributed by atoms with Gasteiger partial charge in [0.1, 0.15) is 5.75 Å². The van der Waals surface area contributed by atoms with Crippen molar-refractivity contribution in [1.29, 1.82) is 0 Å². The number of amides is 3. The molecule has 2 aromatic carbocycles. The van der Waals surface area contributed by atoms with Crippen LogP contribution in [0.4, 0.5) is 21.3 Å². The van der Waals surface area contributed by atoms with E-state index in [1.165, 1.54) is 30.2 Å². The standard InChI is InChI=1S/C20H21N5O5S2/c1-28-14-7-4-12(5-8-14)22-18(27)23-19-24-25-20(32-19)31-11-17(26)21-13-6-9-15(29-2)16(10-13)30-3/h4-10H,11H2,1-3H3,(H,21,26)(H2,22,23,24,27). The Morgan fingerprint density at radius 2 is 1.59 bits per heavy atom. The highest BCUT2D eigenvalue weighted by molar-refractivity contribution is 8.01. The first kappa shape index (κ1) is 23.2. The molecule has 32 heavy (non-hydrogen) atoms. The minimum atomic E-state index is -0.450. The van der Waals surface area contributed by atoms with Crippen molar-refractivity contribution in [1.82, 2.24) is 10.2 Å². The molecule has 0 saturated carbocycles. The SMILES string of the molecule is COc1ccc(NC(=O)Nc2nnc(SCC(=O)Nc3ccc(OC)c(OC)c3)s2)cc1. The summed E-state index contributed by atoms with van der Waals surface area (Å²) in [5, 5.41) is 16.3. The number of carbonyl (C=O) groups excluding carboxylic acids is 2. The molecule has 3 rings (SSSR count). The Morgan fingerprint density at radius 1 is 0.875 bits per heavy atom. The number of aromatic nitrogens is 2. The molecule has 0 aliphatic carbocycles. The number of nitrogens with one attached hydrogen (secondary N) is 3. The van der Waals surface area contributed by atoms with E-state index in [0.717, 1.165) is 0 Å². The minimum absolute atomic E-state index is 0.126. The van der Waals surface area contributed by atoms with Crippen molar-refractivity contribution in [3.8, 4) is 17.2 Å². The van der Waals surface area contributed by atoms with Crippen molar-refractivity contribution in [2.45, 2.75) is 4.34 Å². The summed E-state index contributed by atoms with van der Waals surface area (Å²) in [5.74, 6) is 1.69. The lowest BCUT2D eigenvalue weighted by Gasteiger charge is -2.10. The van der Waals surface area contributed by atoms with E-state index in [0.29, 0.717) is 38.1 Å². The third-order valence-corrected chi connectivity index (χ3v) is 5.94. The predicted molar refractivity (Wildman–Crippen MR) is 124 cm³/mol. The third kappa shape index (κ3) is 6.49. The zero-order valence-corrected chi connectivity index (χ0v) is 19.1. The molecule has 3 aromatic rings. The number of anilines is 3. The van der Waals surface area contributed by atoms with E-state index >= 15 is 0 Å². The van der Waals surface area contributed by atoms with Gasteiger partial charge in [-0.25, -0.2) is 4.79 Å². The first-order chi connectivity index (χ1) is 15.5. The molecule has 168 valence electrons. The topological polar surface area (TPSA) is 124 Å². The quantitative estimate of drug-likeness (QED) is 0.314. The second-order valence-electron chi connectivity index (χ2n) is 6.09. The van der Waals surface area contributed by atoms with Crippen molar-refractivity contribution in [2.75, 3.05) is 43.0 Å². The fourth-order valence-corrected chi connectivity index (χ4v) is 4.04. The van der Waals surface area contributed by atoms with E-state index in [9.17, 15) is 9.59 Å². The van der Waals surface area contributed by atoms with Crippen LogP contribution in [-0.4, -0.2) is 49.2 Å². The maximum atomic E-state index is 12.2. The van der Waals surface area contributed by atoms with E-state index in [2.05, 4.69) is 26.1 Å². The van der Waals surface area contributed by atoms with Gasteiger partial charge in [0.2, 0.25) is 11.0 Å². The molecule has 0 unspecified atom stereocenters. The lowest BCUT2D eigenvalue weighted by molar-refractivity contribution is -0.113. The van der Waals surface area contributed by atoms with E-state index in [1.54, 1.807) is 56.7 Å². The molecule has 0 radical (unpaired) electrons. The predicted octanol–water partition coefficient (Wildman–Crippen LogP) is 3.94. The number of nitrogens with zero attached hydrogens (tertiary/aromatic N) is 2. The number of benzene rings is 2. The summed E-state index contributed by atoms with van der Waals surface area (Å²) in [6, 6.07) is 11.6. The Morgan fingerprint density at radius 3 is 2.28 bits per heavy atom. The van der Waals surface area contributed by atoms with Crippen molar-refractivity contribution in [2.24, 2.45) is 0 Å². The van der Waals surface area contributed by atoms with Gasteiger partial charge < -0.3 is 24.8 Å². The average molecular weight is 476 g/mol. The van der Waals surface area contributed by atoms with Gasteiger partial charge in [-0.15, -0.1) is 10.2 Å². The Bertz CT molecular complexity index is 1070. The molecule has 0 aliphatic heterocycles. The number of hydrogen-bond acceptors (Lipinski definition) is 9. The molecular weight excluding hydrogens is 454 g/mol. The smallest absolute Gasteiger partial charge is 0.325 e. The minimum Gasteiger partial charge on any atom is -0.497 e. The molecule has 0 atom stereocenters. The highest BCUT2D eigenvalue weighted by atomic mass is 32.2. The third-order valence-electron chi connectivity index (χ3n) is 3.97. The van der Waals surface area contributed by atoms with Gasteiger partial charge in [-0.05, 0) is 36.4 Å². The number of hydrogen-bond donors (Lipinski definition) is 3. The molecule has 0 fully saturated rings. The summed E-state index contributed by atoms with van der Waals surface area (Å²) < 4.78 is 16.0. The molecular formula is C20H21N5O5S2. The van der Waals surface area contributed by atoms with Crippen molar-refractivity contribution in [3.63, 3.8) is 0 Å². The molecule has 0 aliphatic rings. The lowest BCUT2D eigenvalue weighted by Crippen LogP contribution is -2.19. The number of methoxy groups -OCH3 is 3. The average Bonchev–Trinajstić information content (AvgIpc) is 3.25. The normalized spacial score (nSPS) is 10.2. The summed E-state index contributed by atoms with van der Waals surface area (Å²) in [5.41, 5.74) is 1.19. The molecule has 3 amide bonds. The van der Waals surface area contributed by atoms with Crippen molar-refractivity contribution < 1.29 is 23.8 Å². The summed E-state index contributed by atoms with van der Waals surface area (Å²) in [6.45, 7) is 0. The molecule has 10 nitrogen and oxygen atoms in total. The monoisotopic (exact) mass is 475 g/mol. The fraction of sp³-hybridized carbons (Fsp3) is 0.200. The van der Waals surface area contributed by atoms with Crippen molar-refractivity contribution >= 4 is 51.5 Å². The maximum Gasteiger partial charge on any atom is 0.325 e. The summed E-state index contributed by atoms with van der Waals surface area (Å²) in [7, 11) is 4.64. The first-order valence-corrected chi connectivity index (χ1v) is 11.0. The van der Waals surface area contributed by atoms with Gasteiger partial charge in [-0.3, -0.25) is 10.1 Å². The van der Waals surface area contributed by atoms with Gasteiger partial charge in [0.15, 0.2) is 15.8 Å². The van der Waals surface area contributed by atoms with Crippen LogP contribution in [0.1, 0.15) is 0 Å². The number of rotatable bonds is 9. The van der Waals surface area contributed by atoms with Crippen LogP contribution in [-0.2, 0) is 4.79 Å². The maximum absolute atomic E-state index is 12.2. The van der Waals surface area contributed by atoms with Gasteiger partial charge in [-0.1, -0.05) is 23.1 Å². The van der Waals surface area contributed by atoms with Crippen LogP contribution >= 0.6 is 23.1 Å². The molecule has 0 spiro atoms. The van der Waals surface area contributed by atoms with Gasteiger partial charge in [0.25, 0.3) is 0 Å². The molecule has 0 bridgehead atoms. The van der Waals surface area contributed by atoms with Crippen LogP contribution in [0.2, 0.25) is 0 Å². The van der Waals surface area contributed by atoms with Gasteiger partial charge in [0.05, 0.1) is 27.1 Å². The number of carbonyl (C=O) groups is 2. The van der Waals surface area contributed by atoms with Crippen LogP contribution in [0, 0.1) is 0 Å². The second kappa shape index (κ2) is 11.2. The zero-order valence-electron chi connectivity index (χ0n) is 17.5. The summed E-state index contributed by atoms with van der Waals surface area (Å²) in [6.07, 6.45) is 0. The zero-order chi connectivity index (χ0) is 22.9. The largest absolute Gasteiger partial charge is 0.497 e. The Hall–Kier alpha value is -3.51. The van der Waals surface area contributed by atoms with Gasteiger partial charge in [0, 0.05) is 17.4 Å². The fourth-order valence-electron chi connectivity index (χ4n) is 2.49. The van der Waals surface area contributed by atoms with Crippen LogP contribution in [0.3, 0.4) is 0 Å². The Kier molecular flexibility index (Phi) is 8.11. The Balaban J connectivity index is 1.47. The summed E-state index contributed by atoms with van der Waals surface area (Å²) in [4.78, 5) is 24.3. The van der Waals surface area contributed by atoms with Crippen LogP contribution < -0.4 is 30.2 Å². The molecule has 0 saturated heterocycles. The highest BCUT2D eigenvalue weighted by Gasteiger charge is 2.12. The first-order valence-electron chi connectivity index (χ1n) is 9.21. The number of ether oxygens (including phenoxy) is 3. The molecule has 3 N–H and O–H groups in total.